The Hall–Kier alpha value is -3.13. The maximum Gasteiger partial charge on any atom is 0.316 e. The van der Waals surface area contributed by atoms with Gasteiger partial charge in [0.25, 0.3) is 0 Å². The minimum atomic E-state index is -0.461. The van der Waals surface area contributed by atoms with Crippen molar-refractivity contribution in [2.45, 2.75) is 13.0 Å². The first-order valence-corrected chi connectivity index (χ1v) is 8.18. The zero-order chi connectivity index (χ0) is 18.3. The summed E-state index contributed by atoms with van der Waals surface area (Å²) in [5, 5.41) is 18.8. The van der Waals surface area contributed by atoms with Crippen LogP contribution in [0.5, 0.6) is 0 Å². The predicted octanol–water partition coefficient (Wildman–Crippen LogP) is 4.16. The fourth-order valence-corrected chi connectivity index (χ4v) is 2.80. The second-order valence-corrected chi connectivity index (χ2v) is 6.23. The number of rotatable bonds is 4. The van der Waals surface area contributed by atoms with Gasteiger partial charge in [0.1, 0.15) is 5.82 Å². The highest BCUT2D eigenvalue weighted by molar-refractivity contribution is 6.30. The van der Waals surface area contributed by atoms with E-state index in [0.717, 1.165) is 22.0 Å². The molecule has 2 aromatic heterocycles. The molecule has 7 nitrogen and oxygen atoms in total. The highest BCUT2D eigenvalue weighted by Crippen LogP contribution is 2.28. The SMILES string of the molecule is CC(Nc1nnc(-c2ccc3[nH]nc(N)c3c2)o1)c1ccc(F)c(Cl)c1. The second-order valence-electron chi connectivity index (χ2n) is 5.82. The number of anilines is 2. The van der Waals surface area contributed by atoms with E-state index in [9.17, 15) is 4.39 Å². The van der Waals surface area contributed by atoms with Crippen molar-refractivity contribution >= 4 is 34.3 Å². The molecule has 9 heteroatoms. The van der Waals surface area contributed by atoms with Crippen LogP contribution in [-0.4, -0.2) is 20.4 Å². The Kier molecular flexibility index (Phi) is 3.96. The largest absolute Gasteiger partial charge is 0.403 e. The number of hydrogen-bond acceptors (Lipinski definition) is 6. The van der Waals surface area contributed by atoms with Crippen molar-refractivity contribution in [3.8, 4) is 11.5 Å². The number of nitrogens with zero attached hydrogens (tertiary/aromatic N) is 3. The molecule has 0 amide bonds. The van der Waals surface area contributed by atoms with E-state index >= 15 is 0 Å². The molecule has 0 radical (unpaired) electrons. The van der Waals surface area contributed by atoms with Gasteiger partial charge in [-0.2, -0.15) is 5.10 Å². The average Bonchev–Trinajstić information content (AvgIpc) is 3.24. The zero-order valence-electron chi connectivity index (χ0n) is 13.6. The van der Waals surface area contributed by atoms with E-state index in [2.05, 4.69) is 25.7 Å². The lowest BCUT2D eigenvalue weighted by Crippen LogP contribution is -2.07. The summed E-state index contributed by atoms with van der Waals surface area (Å²) in [5.41, 5.74) is 8.17. The minimum absolute atomic E-state index is 0.0633. The normalized spacial score (nSPS) is 12.4. The first-order chi connectivity index (χ1) is 12.5. The Bertz CT molecular complexity index is 1090. The number of nitrogens with two attached hydrogens (primary N) is 1. The van der Waals surface area contributed by atoms with Gasteiger partial charge in [-0.25, -0.2) is 4.39 Å². The maximum absolute atomic E-state index is 13.3. The average molecular weight is 373 g/mol. The Labute approximate surface area is 152 Å². The van der Waals surface area contributed by atoms with Gasteiger partial charge >= 0.3 is 6.01 Å². The fourth-order valence-electron chi connectivity index (χ4n) is 2.62. The highest BCUT2D eigenvalue weighted by atomic mass is 35.5. The van der Waals surface area contributed by atoms with E-state index in [4.69, 9.17) is 21.8 Å². The summed E-state index contributed by atoms with van der Waals surface area (Å²) in [7, 11) is 0. The van der Waals surface area contributed by atoms with Crippen LogP contribution in [-0.2, 0) is 0 Å². The van der Waals surface area contributed by atoms with Crippen molar-refractivity contribution in [2.75, 3.05) is 11.1 Å². The number of halogens is 2. The van der Waals surface area contributed by atoms with Crippen LogP contribution >= 0.6 is 11.6 Å². The molecule has 1 atom stereocenters. The van der Waals surface area contributed by atoms with Gasteiger partial charge in [-0.05, 0) is 42.8 Å². The summed E-state index contributed by atoms with van der Waals surface area (Å²) >= 11 is 5.82. The van der Waals surface area contributed by atoms with Crippen LogP contribution in [0.25, 0.3) is 22.4 Å². The predicted molar refractivity (Wildman–Crippen MR) is 97.2 cm³/mol. The first kappa shape index (κ1) is 16.3. The molecule has 0 bridgehead atoms. The molecule has 1 unspecified atom stereocenters. The third-order valence-electron chi connectivity index (χ3n) is 4.05. The zero-order valence-corrected chi connectivity index (χ0v) is 14.4. The molecule has 0 saturated carbocycles. The fraction of sp³-hybridized carbons (Fsp3) is 0.118. The summed E-state index contributed by atoms with van der Waals surface area (Å²) in [4.78, 5) is 0. The van der Waals surface area contributed by atoms with Crippen LogP contribution in [0, 0.1) is 5.82 Å². The third kappa shape index (κ3) is 2.95. The number of nitrogens with one attached hydrogen (secondary N) is 2. The molecule has 26 heavy (non-hydrogen) atoms. The van der Waals surface area contributed by atoms with Gasteiger partial charge in [0.05, 0.1) is 16.6 Å². The van der Waals surface area contributed by atoms with E-state index in [-0.39, 0.29) is 17.1 Å². The summed E-state index contributed by atoms with van der Waals surface area (Å²) in [5.74, 6) is 0.289. The molecule has 0 aliphatic carbocycles. The Morgan fingerprint density at radius 2 is 2.08 bits per heavy atom. The standard InChI is InChI=1S/C17H14ClFN6O/c1-8(9-2-4-13(19)12(18)7-9)21-17-25-24-16(26-17)10-3-5-14-11(6-10)15(20)23-22-14/h2-8H,1H3,(H,21,25)(H3,20,22,23). The summed E-state index contributed by atoms with van der Waals surface area (Å²) < 4.78 is 19.0. The van der Waals surface area contributed by atoms with Gasteiger partial charge in [0.15, 0.2) is 5.82 Å². The van der Waals surface area contributed by atoms with Gasteiger partial charge in [-0.15, -0.1) is 5.10 Å². The van der Waals surface area contributed by atoms with E-state index in [1.54, 1.807) is 12.1 Å². The first-order valence-electron chi connectivity index (χ1n) is 7.80. The smallest absolute Gasteiger partial charge is 0.316 e. The highest BCUT2D eigenvalue weighted by Gasteiger charge is 2.14. The van der Waals surface area contributed by atoms with Crippen LogP contribution in [0.15, 0.2) is 40.8 Å². The van der Waals surface area contributed by atoms with Gasteiger partial charge < -0.3 is 15.5 Å². The van der Waals surface area contributed by atoms with Gasteiger partial charge in [-0.1, -0.05) is 22.8 Å². The number of hydrogen-bond donors (Lipinski definition) is 3. The number of aromatic amines is 1. The summed E-state index contributed by atoms with van der Waals surface area (Å²) in [6.07, 6.45) is 0. The number of nitrogen functional groups attached to an aromatic ring is 1. The maximum atomic E-state index is 13.3. The quantitative estimate of drug-likeness (QED) is 0.496. The molecule has 0 aliphatic heterocycles. The van der Waals surface area contributed by atoms with Crippen molar-refractivity contribution in [1.29, 1.82) is 0 Å². The molecule has 0 aliphatic rings. The Balaban J connectivity index is 1.56. The van der Waals surface area contributed by atoms with Gasteiger partial charge in [0, 0.05) is 10.9 Å². The lowest BCUT2D eigenvalue weighted by Gasteiger charge is -2.12. The van der Waals surface area contributed by atoms with Gasteiger partial charge in [0.2, 0.25) is 5.89 Å². The lowest BCUT2D eigenvalue weighted by atomic mass is 10.1. The monoisotopic (exact) mass is 372 g/mol. The van der Waals surface area contributed by atoms with Crippen LogP contribution in [0.2, 0.25) is 5.02 Å². The van der Waals surface area contributed by atoms with Crippen LogP contribution in [0.1, 0.15) is 18.5 Å². The molecule has 4 N–H and O–H groups in total. The number of aromatic nitrogens is 4. The summed E-state index contributed by atoms with van der Waals surface area (Å²) in [6.45, 7) is 1.88. The Morgan fingerprint density at radius 1 is 1.23 bits per heavy atom. The van der Waals surface area contributed by atoms with E-state index in [0.29, 0.717) is 11.7 Å². The van der Waals surface area contributed by atoms with Crippen molar-refractivity contribution in [3.05, 3.63) is 52.8 Å². The minimum Gasteiger partial charge on any atom is -0.403 e. The number of fused-ring (bicyclic) bond motifs is 1. The molecular weight excluding hydrogens is 359 g/mol. The van der Waals surface area contributed by atoms with Crippen LogP contribution < -0.4 is 11.1 Å². The van der Waals surface area contributed by atoms with E-state index in [1.807, 2.05) is 25.1 Å². The van der Waals surface area contributed by atoms with Crippen molar-refractivity contribution in [1.82, 2.24) is 20.4 Å². The molecule has 2 aromatic carbocycles. The van der Waals surface area contributed by atoms with Crippen molar-refractivity contribution in [3.63, 3.8) is 0 Å². The van der Waals surface area contributed by atoms with Crippen LogP contribution in [0.3, 0.4) is 0 Å². The topological polar surface area (TPSA) is 106 Å². The van der Waals surface area contributed by atoms with Gasteiger partial charge in [-0.3, -0.25) is 5.10 Å². The third-order valence-corrected chi connectivity index (χ3v) is 4.34. The van der Waals surface area contributed by atoms with Crippen molar-refractivity contribution in [2.24, 2.45) is 0 Å². The number of H-pyrrole nitrogens is 1. The molecular formula is C17H14ClFN6O. The molecule has 4 rings (SSSR count). The molecule has 132 valence electrons. The number of benzene rings is 2. The summed E-state index contributed by atoms with van der Waals surface area (Å²) in [6, 6.07) is 10.1. The molecule has 0 saturated heterocycles. The molecule has 4 aromatic rings. The molecule has 2 heterocycles. The second kappa shape index (κ2) is 6.30. The van der Waals surface area contributed by atoms with E-state index < -0.39 is 5.82 Å². The molecule has 0 spiro atoms. The lowest BCUT2D eigenvalue weighted by molar-refractivity contribution is 0.573. The van der Waals surface area contributed by atoms with Crippen LogP contribution in [0.4, 0.5) is 16.2 Å². The Morgan fingerprint density at radius 3 is 2.88 bits per heavy atom. The molecule has 0 fully saturated rings. The van der Waals surface area contributed by atoms with Crippen molar-refractivity contribution < 1.29 is 8.81 Å². The van der Waals surface area contributed by atoms with E-state index in [1.165, 1.54) is 6.07 Å².